The molecule has 1 heterocycles. The number of rotatable bonds is 5. The number of aliphatic hydroxyl groups is 1. The standard InChI is InChI=1S/C19H28N2O3/c1-19(2,3)15-9-7-14(8-10-15)16(22)12-20-17(23)13-21-11-5-4-6-18(21)24/h7-10,16,22H,4-6,11-13H2,1-3H3,(H,20,23). The number of nitrogens with one attached hydrogen (secondary N) is 1. The second kappa shape index (κ2) is 7.79. The van der Waals surface area contributed by atoms with Crippen LogP contribution >= 0.6 is 0 Å². The number of hydrogen-bond donors (Lipinski definition) is 2. The van der Waals surface area contributed by atoms with Crippen LogP contribution in [0.15, 0.2) is 24.3 Å². The maximum absolute atomic E-state index is 12.0. The lowest BCUT2D eigenvalue weighted by molar-refractivity contribution is -0.137. The lowest BCUT2D eigenvalue weighted by Crippen LogP contribution is -2.43. The molecule has 1 fully saturated rings. The summed E-state index contributed by atoms with van der Waals surface area (Å²) < 4.78 is 0. The summed E-state index contributed by atoms with van der Waals surface area (Å²) >= 11 is 0. The average molecular weight is 332 g/mol. The Morgan fingerprint density at radius 3 is 2.50 bits per heavy atom. The van der Waals surface area contributed by atoms with Gasteiger partial charge in [-0.05, 0) is 29.4 Å². The molecule has 1 aromatic rings. The second-order valence-corrected chi connectivity index (χ2v) is 7.46. The number of hydrogen-bond acceptors (Lipinski definition) is 3. The molecule has 0 aromatic heterocycles. The van der Waals surface area contributed by atoms with Gasteiger partial charge in [-0.25, -0.2) is 0 Å². The van der Waals surface area contributed by atoms with E-state index in [1.807, 2.05) is 24.3 Å². The van der Waals surface area contributed by atoms with Gasteiger partial charge in [-0.15, -0.1) is 0 Å². The van der Waals surface area contributed by atoms with Crippen molar-refractivity contribution in [3.05, 3.63) is 35.4 Å². The highest BCUT2D eigenvalue weighted by atomic mass is 16.3. The van der Waals surface area contributed by atoms with E-state index >= 15 is 0 Å². The maximum Gasteiger partial charge on any atom is 0.239 e. The Kier molecular flexibility index (Phi) is 5.99. The molecule has 1 unspecified atom stereocenters. The van der Waals surface area contributed by atoms with E-state index in [4.69, 9.17) is 0 Å². The van der Waals surface area contributed by atoms with Crippen molar-refractivity contribution >= 4 is 11.8 Å². The predicted molar refractivity (Wildman–Crippen MR) is 93.5 cm³/mol. The molecule has 2 rings (SSSR count). The summed E-state index contributed by atoms with van der Waals surface area (Å²) in [5, 5.41) is 12.9. The molecule has 0 aliphatic carbocycles. The highest BCUT2D eigenvalue weighted by Gasteiger charge is 2.21. The van der Waals surface area contributed by atoms with Crippen molar-refractivity contribution in [2.75, 3.05) is 19.6 Å². The molecule has 5 heteroatoms. The van der Waals surface area contributed by atoms with Crippen molar-refractivity contribution in [2.45, 2.75) is 51.6 Å². The van der Waals surface area contributed by atoms with E-state index in [1.165, 1.54) is 5.56 Å². The predicted octanol–water partition coefficient (Wildman–Crippen LogP) is 2.15. The number of amides is 2. The van der Waals surface area contributed by atoms with Gasteiger partial charge in [-0.3, -0.25) is 9.59 Å². The zero-order chi connectivity index (χ0) is 17.7. The monoisotopic (exact) mass is 332 g/mol. The first kappa shape index (κ1) is 18.5. The smallest absolute Gasteiger partial charge is 0.239 e. The minimum Gasteiger partial charge on any atom is -0.387 e. The van der Waals surface area contributed by atoms with E-state index in [-0.39, 0.29) is 30.3 Å². The number of carbonyl (C=O) groups is 2. The van der Waals surface area contributed by atoms with Crippen LogP contribution in [0.1, 0.15) is 57.3 Å². The van der Waals surface area contributed by atoms with E-state index in [0.29, 0.717) is 13.0 Å². The van der Waals surface area contributed by atoms with Gasteiger partial charge in [-0.1, -0.05) is 45.0 Å². The molecule has 2 N–H and O–H groups in total. The Labute approximate surface area is 144 Å². The van der Waals surface area contributed by atoms with E-state index in [9.17, 15) is 14.7 Å². The largest absolute Gasteiger partial charge is 0.387 e. The number of aliphatic hydroxyl groups excluding tert-OH is 1. The van der Waals surface area contributed by atoms with Crippen LogP contribution in [0.4, 0.5) is 0 Å². The third-order valence-corrected chi connectivity index (χ3v) is 4.41. The topological polar surface area (TPSA) is 69.6 Å². The molecular formula is C19H28N2O3. The molecule has 1 aromatic carbocycles. The third-order valence-electron chi connectivity index (χ3n) is 4.41. The van der Waals surface area contributed by atoms with E-state index in [0.717, 1.165) is 18.4 Å². The maximum atomic E-state index is 12.0. The number of nitrogens with zero attached hydrogens (tertiary/aromatic N) is 1. The van der Waals surface area contributed by atoms with Crippen LogP contribution in [0, 0.1) is 0 Å². The zero-order valence-electron chi connectivity index (χ0n) is 14.8. The fourth-order valence-electron chi connectivity index (χ4n) is 2.79. The highest BCUT2D eigenvalue weighted by Crippen LogP contribution is 2.23. The normalized spacial score (nSPS) is 16.8. The molecule has 0 radical (unpaired) electrons. The van der Waals surface area contributed by atoms with Crippen molar-refractivity contribution in [2.24, 2.45) is 0 Å². The van der Waals surface area contributed by atoms with Crippen LogP contribution < -0.4 is 5.32 Å². The minimum atomic E-state index is -0.750. The van der Waals surface area contributed by atoms with Crippen molar-refractivity contribution in [3.63, 3.8) is 0 Å². The fourth-order valence-corrected chi connectivity index (χ4v) is 2.79. The average Bonchev–Trinajstić information content (AvgIpc) is 2.54. The van der Waals surface area contributed by atoms with Gasteiger partial charge in [0.1, 0.15) is 0 Å². The molecule has 0 bridgehead atoms. The minimum absolute atomic E-state index is 0.0368. The molecule has 2 amide bonds. The van der Waals surface area contributed by atoms with Gasteiger partial charge in [0, 0.05) is 19.5 Å². The van der Waals surface area contributed by atoms with E-state index < -0.39 is 6.10 Å². The summed E-state index contributed by atoms with van der Waals surface area (Å²) in [7, 11) is 0. The molecule has 0 spiro atoms. The van der Waals surface area contributed by atoms with Crippen LogP contribution in [0.2, 0.25) is 0 Å². The van der Waals surface area contributed by atoms with Gasteiger partial charge in [0.15, 0.2) is 0 Å². The van der Waals surface area contributed by atoms with Gasteiger partial charge < -0.3 is 15.3 Å². The molecule has 132 valence electrons. The molecule has 1 aliphatic rings. The van der Waals surface area contributed by atoms with Crippen LogP contribution in [0.3, 0.4) is 0 Å². The Morgan fingerprint density at radius 1 is 1.25 bits per heavy atom. The Bertz CT molecular complexity index is 575. The fraction of sp³-hybridized carbons (Fsp3) is 0.579. The molecule has 0 saturated carbocycles. The van der Waals surface area contributed by atoms with Gasteiger partial charge >= 0.3 is 0 Å². The third kappa shape index (κ3) is 5.06. The summed E-state index contributed by atoms with van der Waals surface area (Å²) in [6.07, 6.45) is 1.62. The Morgan fingerprint density at radius 2 is 1.92 bits per heavy atom. The van der Waals surface area contributed by atoms with Crippen LogP contribution in [-0.4, -0.2) is 41.5 Å². The first-order chi connectivity index (χ1) is 11.3. The van der Waals surface area contributed by atoms with Crippen molar-refractivity contribution in [1.29, 1.82) is 0 Å². The van der Waals surface area contributed by atoms with Gasteiger partial charge in [0.25, 0.3) is 0 Å². The SMILES string of the molecule is CC(C)(C)c1ccc(C(O)CNC(=O)CN2CCCCC2=O)cc1. The summed E-state index contributed by atoms with van der Waals surface area (Å²) in [5.74, 6) is -0.190. The zero-order valence-corrected chi connectivity index (χ0v) is 14.8. The highest BCUT2D eigenvalue weighted by molar-refractivity contribution is 5.85. The lowest BCUT2D eigenvalue weighted by atomic mass is 9.86. The lowest BCUT2D eigenvalue weighted by Gasteiger charge is -2.26. The summed E-state index contributed by atoms with van der Waals surface area (Å²) in [6, 6.07) is 7.80. The summed E-state index contributed by atoms with van der Waals surface area (Å²) in [5.41, 5.74) is 2.04. The van der Waals surface area contributed by atoms with Gasteiger partial charge in [0.05, 0.1) is 12.6 Å². The van der Waals surface area contributed by atoms with Gasteiger partial charge in [0.2, 0.25) is 11.8 Å². The van der Waals surface area contributed by atoms with Crippen molar-refractivity contribution in [1.82, 2.24) is 10.2 Å². The first-order valence-corrected chi connectivity index (χ1v) is 8.60. The van der Waals surface area contributed by atoms with Gasteiger partial charge in [-0.2, -0.15) is 0 Å². The van der Waals surface area contributed by atoms with Crippen LogP contribution in [0.5, 0.6) is 0 Å². The quantitative estimate of drug-likeness (QED) is 0.868. The molecular weight excluding hydrogens is 304 g/mol. The molecule has 1 aliphatic heterocycles. The number of carbonyl (C=O) groups excluding carboxylic acids is 2. The van der Waals surface area contributed by atoms with E-state index in [1.54, 1.807) is 4.90 Å². The Hall–Kier alpha value is -1.88. The van der Waals surface area contributed by atoms with Crippen molar-refractivity contribution in [3.8, 4) is 0 Å². The first-order valence-electron chi connectivity index (χ1n) is 8.60. The van der Waals surface area contributed by atoms with Crippen LogP contribution in [0.25, 0.3) is 0 Å². The summed E-state index contributed by atoms with van der Waals surface area (Å²) in [4.78, 5) is 25.2. The number of piperidine rings is 1. The number of benzene rings is 1. The second-order valence-electron chi connectivity index (χ2n) is 7.46. The van der Waals surface area contributed by atoms with E-state index in [2.05, 4.69) is 26.1 Å². The van der Waals surface area contributed by atoms with Crippen molar-refractivity contribution < 1.29 is 14.7 Å². The molecule has 5 nitrogen and oxygen atoms in total. The summed E-state index contributed by atoms with van der Waals surface area (Å²) in [6.45, 7) is 7.29. The van der Waals surface area contributed by atoms with Crippen LogP contribution in [-0.2, 0) is 15.0 Å². The molecule has 24 heavy (non-hydrogen) atoms. The molecule has 1 atom stereocenters. The Balaban J connectivity index is 1.82. The molecule has 1 saturated heterocycles. The number of likely N-dealkylation sites (tertiary alicyclic amines) is 1.